The molecule has 0 aliphatic heterocycles. The van der Waals surface area contributed by atoms with E-state index in [0.29, 0.717) is 11.8 Å². The van der Waals surface area contributed by atoms with Gasteiger partial charge in [-0.3, -0.25) is 0 Å². The molecule has 2 aromatic rings. The van der Waals surface area contributed by atoms with Crippen LogP contribution in [0, 0.1) is 22.7 Å². The molecular weight excluding hydrogens is 480 g/mol. The predicted octanol–water partition coefficient (Wildman–Crippen LogP) is 7.53. The van der Waals surface area contributed by atoms with Crippen molar-refractivity contribution >= 4 is 11.9 Å². The van der Waals surface area contributed by atoms with Crippen LogP contribution in [0.5, 0.6) is 11.5 Å². The summed E-state index contributed by atoms with van der Waals surface area (Å²) in [6.07, 6.45) is 5.81. The van der Waals surface area contributed by atoms with Crippen molar-refractivity contribution in [2.75, 3.05) is 0 Å². The molecule has 0 bridgehead atoms. The highest BCUT2D eigenvalue weighted by atomic mass is 16.5. The van der Waals surface area contributed by atoms with E-state index >= 15 is 0 Å². The first-order valence-electron chi connectivity index (χ1n) is 13.7. The summed E-state index contributed by atoms with van der Waals surface area (Å²) in [5, 5.41) is 19.3. The summed E-state index contributed by atoms with van der Waals surface area (Å²) in [6.45, 7) is 13.2. The lowest BCUT2D eigenvalue weighted by Gasteiger charge is -2.38. The van der Waals surface area contributed by atoms with Crippen molar-refractivity contribution in [3.8, 4) is 11.5 Å². The Bertz CT molecular complexity index is 1020. The summed E-state index contributed by atoms with van der Waals surface area (Å²) in [5.41, 5.74) is 0.917. The van der Waals surface area contributed by atoms with Crippen LogP contribution in [0.25, 0.3) is 0 Å². The molecule has 0 aromatic heterocycles. The number of ether oxygens (including phenoxy) is 2. The molecule has 4 atom stereocenters. The first kappa shape index (κ1) is 29.5. The van der Waals surface area contributed by atoms with E-state index in [9.17, 15) is 19.8 Å². The van der Waals surface area contributed by atoms with E-state index in [1.54, 1.807) is 36.4 Å². The number of carbonyl (C=O) groups is 2. The van der Waals surface area contributed by atoms with Crippen LogP contribution in [-0.4, -0.2) is 34.4 Å². The lowest BCUT2D eigenvalue weighted by molar-refractivity contribution is -0.00846. The number of carbonyl (C=O) groups excluding carboxylic acids is 2. The van der Waals surface area contributed by atoms with Crippen LogP contribution in [0.4, 0.5) is 0 Å². The number of phenolic OH excluding ortho intramolecular Hbond substituents is 2. The lowest BCUT2D eigenvalue weighted by Crippen LogP contribution is -2.34. The van der Waals surface area contributed by atoms with Crippen LogP contribution < -0.4 is 0 Å². The van der Waals surface area contributed by atoms with Gasteiger partial charge in [-0.2, -0.15) is 0 Å². The fraction of sp³-hybridized carbons (Fsp3) is 0.562. The number of hydrogen-bond donors (Lipinski definition) is 2. The van der Waals surface area contributed by atoms with Gasteiger partial charge in [0.25, 0.3) is 0 Å². The average Bonchev–Trinajstić information content (AvgIpc) is 2.77. The zero-order chi connectivity index (χ0) is 28.1. The molecule has 208 valence electrons. The van der Waals surface area contributed by atoms with Gasteiger partial charge in [0.05, 0.1) is 0 Å². The third-order valence-corrected chi connectivity index (χ3v) is 7.49. The minimum atomic E-state index is -0.423. The van der Waals surface area contributed by atoms with E-state index in [1.807, 2.05) is 0 Å². The standard InChI is InChI=1S/2C16H22O3/c2*1-11-8-12(10-16(2,3)9-11)19-15(18)13-6-4-5-7-14(13)17/h2*4-7,11-12,17H,8-10H2,1-3H3. The van der Waals surface area contributed by atoms with E-state index in [-0.39, 0.29) is 45.7 Å². The number of esters is 2. The van der Waals surface area contributed by atoms with Crippen LogP contribution in [0.1, 0.15) is 101 Å². The monoisotopic (exact) mass is 524 g/mol. The largest absolute Gasteiger partial charge is 0.507 e. The van der Waals surface area contributed by atoms with Gasteiger partial charge >= 0.3 is 11.9 Å². The van der Waals surface area contributed by atoms with Crippen LogP contribution in [0.3, 0.4) is 0 Å². The second-order valence-corrected chi connectivity index (χ2v) is 12.9. The van der Waals surface area contributed by atoms with Gasteiger partial charge in [-0.25, -0.2) is 9.59 Å². The molecule has 0 spiro atoms. The number of phenols is 2. The van der Waals surface area contributed by atoms with Crippen molar-refractivity contribution in [2.24, 2.45) is 22.7 Å². The highest BCUT2D eigenvalue weighted by molar-refractivity contribution is 5.93. The minimum absolute atomic E-state index is 0.0179. The quantitative estimate of drug-likeness (QED) is 0.402. The SMILES string of the molecule is CC1CC(OC(=O)c2ccccc2O)CC(C)(C)C1.CC1CC(OC(=O)c2ccccc2O)CC(C)(C)C1. The summed E-state index contributed by atoms with van der Waals surface area (Å²) in [4.78, 5) is 24.1. The number of rotatable bonds is 4. The zero-order valence-electron chi connectivity index (χ0n) is 23.7. The molecule has 6 heteroatoms. The molecule has 4 rings (SSSR count). The molecule has 0 amide bonds. The van der Waals surface area contributed by atoms with Crippen molar-refractivity contribution in [3.63, 3.8) is 0 Å². The third kappa shape index (κ3) is 8.50. The lowest BCUT2D eigenvalue weighted by atomic mass is 9.71. The van der Waals surface area contributed by atoms with Gasteiger partial charge in [0.15, 0.2) is 0 Å². The zero-order valence-corrected chi connectivity index (χ0v) is 23.7. The van der Waals surface area contributed by atoms with Gasteiger partial charge in [-0.15, -0.1) is 0 Å². The van der Waals surface area contributed by atoms with Crippen LogP contribution in [0.15, 0.2) is 48.5 Å². The van der Waals surface area contributed by atoms with Crippen LogP contribution >= 0.6 is 0 Å². The van der Waals surface area contributed by atoms with Gasteiger partial charge in [-0.05, 0) is 85.5 Å². The first-order chi connectivity index (χ1) is 17.7. The molecular formula is C32H44O6. The molecule has 0 heterocycles. The van der Waals surface area contributed by atoms with E-state index in [1.165, 1.54) is 12.1 Å². The fourth-order valence-corrected chi connectivity index (χ4v) is 6.42. The highest BCUT2D eigenvalue weighted by Crippen LogP contribution is 2.41. The molecule has 2 N–H and O–H groups in total. The third-order valence-electron chi connectivity index (χ3n) is 7.49. The maximum atomic E-state index is 12.1. The van der Waals surface area contributed by atoms with Crippen molar-refractivity contribution in [1.82, 2.24) is 0 Å². The number of hydrogen-bond acceptors (Lipinski definition) is 6. The number of aromatic hydroxyl groups is 2. The van der Waals surface area contributed by atoms with Crippen molar-refractivity contribution in [3.05, 3.63) is 59.7 Å². The Kier molecular flexibility index (Phi) is 9.50. The molecule has 4 unspecified atom stereocenters. The second-order valence-electron chi connectivity index (χ2n) is 12.9. The number of benzene rings is 2. The smallest absolute Gasteiger partial charge is 0.342 e. The molecule has 0 radical (unpaired) electrons. The number of para-hydroxylation sites is 2. The Labute approximate surface area is 227 Å². The molecule has 6 nitrogen and oxygen atoms in total. The Morgan fingerprint density at radius 1 is 0.658 bits per heavy atom. The minimum Gasteiger partial charge on any atom is -0.507 e. The molecule has 2 fully saturated rings. The molecule has 2 saturated carbocycles. The summed E-state index contributed by atoms with van der Waals surface area (Å²) < 4.78 is 11.1. The Hall–Kier alpha value is -3.02. The van der Waals surface area contributed by atoms with Gasteiger partial charge in [0.1, 0.15) is 34.8 Å². The topological polar surface area (TPSA) is 93.1 Å². The van der Waals surface area contributed by atoms with Crippen molar-refractivity contribution < 1.29 is 29.3 Å². The van der Waals surface area contributed by atoms with Gasteiger partial charge in [-0.1, -0.05) is 65.8 Å². The van der Waals surface area contributed by atoms with Gasteiger partial charge in [0, 0.05) is 0 Å². The van der Waals surface area contributed by atoms with E-state index in [0.717, 1.165) is 38.5 Å². The van der Waals surface area contributed by atoms with Crippen LogP contribution in [-0.2, 0) is 9.47 Å². The summed E-state index contributed by atoms with van der Waals surface area (Å²) in [5.74, 6) is 0.240. The summed E-state index contributed by atoms with van der Waals surface area (Å²) >= 11 is 0. The van der Waals surface area contributed by atoms with Crippen molar-refractivity contribution in [2.45, 2.75) is 92.3 Å². The van der Waals surface area contributed by atoms with Crippen LogP contribution in [0.2, 0.25) is 0 Å². The van der Waals surface area contributed by atoms with E-state index in [4.69, 9.17) is 9.47 Å². The molecule has 2 aromatic carbocycles. The molecule has 38 heavy (non-hydrogen) atoms. The Morgan fingerprint density at radius 2 is 1.00 bits per heavy atom. The summed E-state index contributed by atoms with van der Waals surface area (Å²) in [7, 11) is 0. The van der Waals surface area contributed by atoms with Gasteiger partial charge in [0.2, 0.25) is 0 Å². The summed E-state index contributed by atoms with van der Waals surface area (Å²) in [6, 6.07) is 13.0. The average molecular weight is 525 g/mol. The Balaban J connectivity index is 0.000000211. The normalized spacial score (nSPS) is 25.8. The van der Waals surface area contributed by atoms with Gasteiger partial charge < -0.3 is 19.7 Å². The Morgan fingerprint density at radius 3 is 1.32 bits per heavy atom. The van der Waals surface area contributed by atoms with Crippen molar-refractivity contribution in [1.29, 1.82) is 0 Å². The maximum absolute atomic E-state index is 12.1. The first-order valence-corrected chi connectivity index (χ1v) is 13.7. The fourth-order valence-electron chi connectivity index (χ4n) is 6.42. The second kappa shape index (κ2) is 12.2. The highest BCUT2D eigenvalue weighted by Gasteiger charge is 2.35. The van der Waals surface area contributed by atoms with E-state index in [2.05, 4.69) is 41.5 Å². The molecule has 2 aliphatic carbocycles. The van der Waals surface area contributed by atoms with E-state index < -0.39 is 11.9 Å². The maximum Gasteiger partial charge on any atom is 0.342 e. The predicted molar refractivity (Wildman–Crippen MR) is 148 cm³/mol. The molecule has 0 saturated heterocycles. The molecule has 2 aliphatic rings.